The summed E-state index contributed by atoms with van der Waals surface area (Å²) in [5, 5.41) is 9.87. The molecule has 11 nitrogen and oxygen atoms in total. The molecule has 0 heterocycles. The fraction of sp³-hybridized carbons (Fsp3) is 0.757. The van der Waals surface area contributed by atoms with Crippen molar-refractivity contribution in [3.05, 3.63) is 85.1 Å². The number of aliphatic hydroxyl groups is 1. The summed E-state index contributed by atoms with van der Waals surface area (Å²) in [5.74, 6) is -1.48. The van der Waals surface area contributed by atoms with E-state index in [0.717, 1.165) is 135 Å². The van der Waals surface area contributed by atoms with Gasteiger partial charge in [0.15, 0.2) is 6.10 Å². The molecule has 0 saturated carbocycles. The van der Waals surface area contributed by atoms with Gasteiger partial charge in [-0.3, -0.25) is 23.4 Å². The molecule has 3 atom stereocenters. The summed E-state index contributed by atoms with van der Waals surface area (Å²) in [6.45, 7) is 4.45. The van der Waals surface area contributed by atoms with Gasteiger partial charge in [-0.15, -0.1) is 0 Å². The van der Waals surface area contributed by atoms with E-state index in [-0.39, 0.29) is 25.9 Å². The Balaban J connectivity index is 4.71. The Bertz CT molecular complexity index is 1700. The van der Waals surface area contributed by atoms with Gasteiger partial charge < -0.3 is 24.2 Å². The number of unbranched alkanes of at least 4 members (excludes halogenated alkanes) is 31. The number of phosphoric acid groups is 1. The number of rotatable bonds is 62. The normalized spacial score (nSPS) is 13.8. The van der Waals surface area contributed by atoms with Gasteiger partial charge in [-0.2, -0.15) is 0 Å². The van der Waals surface area contributed by atoms with E-state index < -0.39 is 57.8 Å². The molecular weight excluding hydrogens is 1050 g/mol. The number of carbonyl (C=O) groups is 3. The maximum absolute atomic E-state index is 13.0. The largest absolute Gasteiger partial charge is 0.472 e. The highest BCUT2D eigenvalue weighted by molar-refractivity contribution is 7.47. The van der Waals surface area contributed by atoms with Crippen LogP contribution in [0.25, 0.3) is 0 Å². The van der Waals surface area contributed by atoms with Crippen molar-refractivity contribution in [2.24, 2.45) is 0 Å². The van der Waals surface area contributed by atoms with Crippen LogP contribution in [0.3, 0.4) is 0 Å². The Hall–Kier alpha value is -3.34. The molecule has 2 N–H and O–H groups in total. The zero-order valence-electron chi connectivity index (χ0n) is 52.7. The number of aliphatic hydroxyl groups excluding tert-OH is 1. The second-order valence-electron chi connectivity index (χ2n) is 22.2. The van der Waals surface area contributed by atoms with Crippen LogP contribution in [0.15, 0.2) is 85.1 Å². The molecule has 0 aromatic carbocycles. The van der Waals surface area contributed by atoms with Crippen LogP contribution >= 0.6 is 7.82 Å². The molecule has 0 spiro atoms. The number of carbonyl (C=O) groups excluding carboxylic acids is 3. The van der Waals surface area contributed by atoms with Crippen LogP contribution in [0.2, 0.25) is 0 Å². The third kappa shape index (κ3) is 61.2. The summed E-state index contributed by atoms with van der Waals surface area (Å²) in [6.07, 6.45) is 75.3. The van der Waals surface area contributed by atoms with Crippen LogP contribution < -0.4 is 0 Å². The highest BCUT2D eigenvalue weighted by atomic mass is 31.2. The summed E-state index contributed by atoms with van der Waals surface area (Å²) in [5.41, 5.74) is 0. The van der Waals surface area contributed by atoms with Crippen LogP contribution in [-0.2, 0) is 42.2 Å². The molecule has 0 aromatic heterocycles. The molecule has 82 heavy (non-hydrogen) atoms. The molecule has 0 aliphatic carbocycles. The monoisotopic (exact) mass is 1170 g/mol. The van der Waals surface area contributed by atoms with Gasteiger partial charge in [0.2, 0.25) is 0 Å². The van der Waals surface area contributed by atoms with Gasteiger partial charge in [0, 0.05) is 19.3 Å². The minimum atomic E-state index is -4.76. The van der Waals surface area contributed by atoms with Gasteiger partial charge in [0.25, 0.3) is 0 Å². The Morgan fingerprint density at radius 2 is 0.634 bits per heavy atom. The number of esters is 3. The second-order valence-corrected chi connectivity index (χ2v) is 23.7. The van der Waals surface area contributed by atoms with Gasteiger partial charge in [-0.25, -0.2) is 4.57 Å². The maximum atomic E-state index is 13.0. The molecule has 0 radical (unpaired) electrons. The molecular formula is C70H123O11P. The second kappa shape index (κ2) is 63.7. The van der Waals surface area contributed by atoms with Crippen molar-refractivity contribution in [3.63, 3.8) is 0 Å². The van der Waals surface area contributed by atoms with E-state index in [1.165, 1.54) is 109 Å². The molecule has 474 valence electrons. The molecule has 12 heteroatoms. The van der Waals surface area contributed by atoms with E-state index in [9.17, 15) is 28.9 Å². The summed E-state index contributed by atoms with van der Waals surface area (Å²) in [6, 6.07) is 0. The molecule has 0 rings (SSSR count). The number of ether oxygens (including phenoxy) is 3. The molecule has 0 aliphatic heterocycles. The zero-order chi connectivity index (χ0) is 59.8. The first-order valence-electron chi connectivity index (χ1n) is 33.5. The number of phosphoric ester groups is 1. The first kappa shape index (κ1) is 78.7. The fourth-order valence-electron chi connectivity index (χ4n) is 9.31. The Kier molecular flexibility index (Phi) is 61.1. The molecule has 0 aliphatic rings. The molecule has 0 saturated heterocycles. The minimum absolute atomic E-state index is 0.150. The van der Waals surface area contributed by atoms with Crippen LogP contribution in [0.4, 0.5) is 0 Å². The van der Waals surface area contributed by atoms with Crippen molar-refractivity contribution in [1.29, 1.82) is 0 Å². The van der Waals surface area contributed by atoms with Crippen molar-refractivity contribution in [2.45, 2.75) is 315 Å². The molecule has 0 fully saturated rings. The quantitative estimate of drug-likeness (QED) is 0.0197. The van der Waals surface area contributed by atoms with E-state index in [1.54, 1.807) is 0 Å². The van der Waals surface area contributed by atoms with Crippen LogP contribution in [0.5, 0.6) is 0 Å². The van der Waals surface area contributed by atoms with Crippen molar-refractivity contribution in [2.75, 3.05) is 26.4 Å². The number of hydrogen-bond acceptors (Lipinski definition) is 10. The van der Waals surface area contributed by atoms with Gasteiger partial charge in [-0.05, 0) is 89.9 Å². The van der Waals surface area contributed by atoms with Crippen LogP contribution in [0.1, 0.15) is 303 Å². The molecule has 0 aromatic rings. The SMILES string of the molecule is CC/C=C\C/C=C\C/C=C\C/C=C\CCCCCCCCC(=O)OC(COC(=O)CCCCCCCCCCCCCCCCCCCCC)COP(=O)(O)OCC(CO)OC(=O)CCCCCCCCC/C=C\C/C=C\C/C=C\CC. The highest BCUT2D eigenvalue weighted by Gasteiger charge is 2.28. The van der Waals surface area contributed by atoms with E-state index in [4.69, 9.17) is 23.3 Å². The van der Waals surface area contributed by atoms with Gasteiger partial charge in [0.1, 0.15) is 12.7 Å². The lowest BCUT2D eigenvalue weighted by Gasteiger charge is -2.21. The third-order valence-corrected chi connectivity index (χ3v) is 15.3. The average Bonchev–Trinajstić information content (AvgIpc) is 3.50. The molecule has 0 amide bonds. The number of allylic oxidation sites excluding steroid dienone is 14. The molecule has 0 bridgehead atoms. The zero-order valence-corrected chi connectivity index (χ0v) is 53.6. The lowest BCUT2D eigenvalue weighted by Crippen LogP contribution is -2.30. The predicted octanol–water partition coefficient (Wildman–Crippen LogP) is 20.6. The minimum Gasteiger partial charge on any atom is -0.462 e. The van der Waals surface area contributed by atoms with Gasteiger partial charge in [-0.1, -0.05) is 279 Å². The first-order valence-corrected chi connectivity index (χ1v) is 35.0. The maximum Gasteiger partial charge on any atom is 0.472 e. The summed E-state index contributed by atoms with van der Waals surface area (Å²) in [4.78, 5) is 48.8. The predicted molar refractivity (Wildman–Crippen MR) is 344 cm³/mol. The Morgan fingerprint density at radius 3 is 0.976 bits per heavy atom. The Labute approximate surface area is 502 Å². The lowest BCUT2D eigenvalue weighted by molar-refractivity contribution is -0.161. The first-order chi connectivity index (χ1) is 40.2. The van der Waals surface area contributed by atoms with Crippen LogP contribution in [-0.4, -0.2) is 66.5 Å². The standard InChI is InChI=1S/C70H123O11P/c1-4-7-10-13-16-19-22-25-28-31-33-36-38-41-44-47-50-53-56-59-68(72)77-63-67(81-70(74)61-58-55-52-49-46-43-40-37-34-32-29-26-23-20-17-14-11-8-5-2)65-79-82(75,76)78-64-66(62-71)80-69(73)60-57-54-51-48-45-42-39-35-30-27-24-21-18-15-12-9-6-3/h8-9,11-12,17-18,20-21,26-27,29-30,34,37,66-67,71H,4-7,10,13-16,19,22-25,28,31-33,35-36,38-65H2,1-3H3,(H,75,76)/b11-8-,12-9-,20-17-,21-18-,29-26-,30-27-,37-34-. The van der Waals surface area contributed by atoms with Crippen molar-refractivity contribution in [1.82, 2.24) is 0 Å². The van der Waals surface area contributed by atoms with Gasteiger partial charge >= 0.3 is 25.7 Å². The fourth-order valence-corrected chi connectivity index (χ4v) is 10.1. The molecule has 3 unspecified atom stereocenters. The van der Waals surface area contributed by atoms with Crippen molar-refractivity contribution >= 4 is 25.7 Å². The van der Waals surface area contributed by atoms with E-state index in [2.05, 4.69) is 106 Å². The Morgan fingerprint density at radius 1 is 0.354 bits per heavy atom. The van der Waals surface area contributed by atoms with E-state index in [0.29, 0.717) is 19.3 Å². The number of hydrogen-bond donors (Lipinski definition) is 2. The van der Waals surface area contributed by atoms with Gasteiger partial charge in [0.05, 0.1) is 19.8 Å². The van der Waals surface area contributed by atoms with Crippen molar-refractivity contribution < 1.29 is 52.2 Å². The summed E-state index contributed by atoms with van der Waals surface area (Å²) < 4.78 is 39.8. The summed E-state index contributed by atoms with van der Waals surface area (Å²) in [7, 11) is -4.76. The average molecular weight is 1170 g/mol. The van der Waals surface area contributed by atoms with E-state index in [1.807, 2.05) is 0 Å². The smallest absolute Gasteiger partial charge is 0.462 e. The third-order valence-electron chi connectivity index (χ3n) is 14.3. The highest BCUT2D eigenvalue weighted by Crippen LogP contribution is 2.43. The lowest BCUT2D eigenvalue weighted by atomic mass is 10.0. The topological polar surface area (TPSA) is 155 Å². The summed E-state index contributed by atoms with van der Waals surface area (Å²) >= 11 is 0. The van der Waals surface area contributed by atoms with E-state index >= 15 is 0 Å². The van der Waals surface area contributed by atoms with Crippen molar-refractivity contribution in [3.8, 4) is 0 Å². The van der Waals surface area contributed by atoms with Crippen LogP contribution in [0, 0.1) is 0 Å².